The number of nitrogens with one attached hydrogen (secondary N) is 1. The average Bonchev–Trinajstić information content (AvgIpc) is 3.07. The molecule has 0 aliphatic rings. The normalized spacial score (nSPS) is 11.8. The van der Waals surface area contributed by atoms with E-state index in [-0.39, 0.29) is 23.4 Å². The summed E-state index contributed by atoms with van der Waals surface area (Å²) >= 11 is 3.07. The Morgan fingerprint density at radius 2 is 2.20 bits per heavy atom. The first-order valence-corrected chi connectivity index (χ1v) is 9.79. The molecule has 1 aromatic heterocycles. The Kier molecular flexibility index (Phi) is 7.27. The van der Waals surface area contributed by atoms with Crippen molar-refractivity contribution >= 4 is 34.7 Å². The summed E-state index contributed by atoms with van der Waals surface area (Å²) in [6, 6.07) is 6.97. The molecule has 25 heavy (non-hydrogen) atoms. The van der Waals surface area contributed by atoms with Gasteiger partial charge < -0.3 is 10.1 Å². The Bertz CT molecular complexity index is 719. The van der Waals surface area contributed by atoms with Crippen LogP contribution < -0.4 is 10.1 Å². The van der Waals surface area contributed by atoms with Crippen molar-refractivity contribution in [3.63, 3.8) is 0 Å². The molecule has 8 heteroatoms. The lowest BCUT2D eigenvalue weighted by molar-refractivity contribution is -0.385. The molecule has 0 spiro atoms. The first-order chi connectivity index (χ1) is 12.0. The van der Waals surface area contributed by atoms with Crippen molar-refractivity contribution in [1.82, 2.24) is 5.32 Å². The van der Waals surface area contributed by atoms with Crippen LogP contribution in [0.4, 0.5) is 5.69 Å². The van der Waals surface area contributed by atoms with Gasteiger partial charge in [0.25, 0.3) is 0 Å². The van der Waals surface area contributed by atoms with Crippen LogP contribution in [-0.4, -0.2) is 29.7 Å². The smallest absolute Gasteiger partial charge is 0.311 e. The van der Waals surface area contributed by atoms with Gasteiger partial charge in [-0.05, 0) is 47.4 Å². The Labute approximate surface area is 154 Å². The van der Waals surface area contributed by atoms with Crippen LogP contribution in [0.3, 0.4) is 0 Å². The van der Waals surface area contributed by atoms with Gasteiger partial charge in [0, 0.05) is 17.9 Å². The minimum absolute atomic E-state index is 0.0317. The number of carbonyl (C=O) groups is 1. The van der Waals surface area contributed by atoms with E-state index in [2.05, 4.69) is 16.8 Å². The lowest BCUT2D eigenvalue weighted by Crippen LogP contribution is -2.35. The molecule has 6 nitrogen and oxygen atoms in total. The van der Waals surface area contributed by atoms with Crippen LogP contribution in [0.2, 0.25) is 0 Å². The van der Waals surface area contributed by atoms with Crippen LogP contribution >= 0.6 is 23.1 Å². The zero-order valence-corrected chi connectivity index (χ0v) is 15.7. The maximum atomic E-state index is 12.0. The fraction of sp³-hybridized carbons (Fsp3) is 0.353. The molecule has 2 rings (SSSR count). The first-order valence-electron chi connectivity index (χ1n) is 7.69. The molecule has 1 atom stereocenters. The number of nitro groups is 1. The van der Waals surface area contributed by atoms with Gasteiger partial charge >= 0.3 is 5.69 Å². The number of hydrogen-bond acceptors (Lipinski definition) is 6. The second kappa shape index (κ2) is 9.43. The van der Waals surface area contributed by atoms with Gasteiger partial charge in [0.1, 0.15) is 0 Å². The molecular formula is C17H20N2O4S2. The molecule has 0 saturated carbocycles. The predicted molar refractivity (Wildman–Crippen MR) is 101 cm³/mol. The lowest BCUT2D eigenvalue weighted by atomic mass is 10.1. The van der Waals surface area contributed by atoms with Gasteiger partial charge in [-0.3, -0.25) is 14.9 Å². The van der Waals surface area contributed by atoms with E-state index in [0.29, 0.717) is 11.5 Å². The molecule has 0 aliphatic heterocycles. The van der Waals surface area contributed by atoms with Gasteiger partial charge in [-0.2, -0.15) is 11.3 Å². The number of benzene rings is 1. The van der Waals surface area contributed by atoms with Gasteiger partial charge in [-0.1, -0.05) is 6.07 Å². The minimum atomic E-state index is -0.466. The Morgan fingerprint density at radius 1 is 1.40 bits per heavy atom. The van der Waals surface area contributed by atoms with E-state index in [1.807, 2.05) is 12.3 Å². The highest BCUT2D eigenvalue weighted by Gasteiger charge is 2.15. The fourth-order valence-corrected chi connectivity index (χ4v) is 3.83. The average molecular weight is 380 g/mol. The quantitative estimate of drug-likeness (QED) is 0.530. The number of carbonyl (C=O) groups excluding carboxylic acids is 1. The molecule has 0 fully saturated rings. The van der Waals surface area contributed by atoms with Crippen molar-refractivity contribution in [2.75, 3.05) is 12.9 Å². The first kappa shape index (κ1) is 19.3. The Hall–Kier alpha value is -2.06. The third-order valence-corrected chi connectivity index (χ3v) is 5.21. The summed E-state index contributed by atoms with van der Waals surface area (Å²) in [4.78, 5) is 22.5. The second-order valence-corrected chi connectivity index (χ2v) is 7.33. The van der Waals surface area contributed by atoms with E-state index in [1.54, 1.807) is 23.5 Å². The summed E-state index contributed by atoms with van der Waals surface area (Å²) < 4.78 is 4.98. The monoisotopic (exact) mass is 380 g/mol. The van der Waals surface area contributed by atoms with Crippen molar-refractivity contribution in [2.24, 2.45) is 0 Å². The van der Waals surface area contributed by atoms with Crippen molar-refractivity contribution in [3.05, 3.63) is 56.3 Å². The standard InChI is InChI=1S/C17H20N2O4S2/c1-12(7-14-5-6-24-9-14)18-17(20)11-25-10-13-3-4-16(23-2)15(8-13)19(21)22/h3-6,8-9,12H,7,10-11H2,1-2H3,(H,18,20). The van der Waals surface area contributed by atoms with Crippen molar-refractivity contribution < 1.29 is 14.5 Å². The van der Waals surface area contributed by atoms with E-state index in [4.69, 9.17) is 4.74 Å². The molecule has 1 aromatic carbocycles. The molecule has 1 N–H and O–H groups in total. The Balaban J connectivity index is 1.79. The number of nitro benzene ring substituents is 1. The molecule has 1 heterocycles. The SMILES string of the molecule is COc1ccc(CSCC(=O)NC(C)Cc2ccsc2)cc1[N+](=O)[O-]. The number of hydrogen-bond donors (Lipinski definition) is 1. The summed E-state index contributed by atoms with van der Waals surface area (Å²) in [5.41, 5.74) is 1.95. The molecule has 1 unspecified atom stereocenters. The third kappa shape index (κ3) is 6.06. The largest absolute Gasteiger partial charge is 0.490 e. The van der Waals surface area contributed by atoms with E-state index in [1.165, 1.54) is 30.5 Å². The number of rotatable bonds is 9. The Morgan fingerprint density at radius 3 is 2.84 bits per heavy atom. The highest BCUT2D eigenvalue weighted by molar-refractivity contribution is 7.99. The van der Waals surface area contributed by atoms with Crippen LogP contribution in [0.1, 0.15) is 18.1 Å². The maximum absolute atomic E-state index is 12.0. The lowest BCUT2D eigenvalue weighted by Gasteiger charge is -2.13. The van der Waals surface area contributed by atoms with Crippen LogP contribution in [0.25, 0.3) is 0 Å². The molecule has 1 amide bonds. The summed E-state index contributed by atoms with van der Waals surface area (Å²) in [6.07, 6.45) is 0.810. The van der Waals surface area contributed by atoms with Gasteiger partial charge in [0.05, 0.1) is 17.8 Å². The number of ether oxygens (including phenoxy) is 1. The minimum Gasteiger partial charge on any atom is -0.490 e. The van der Waals surface area contributed by atoms with Crippen molar-refractivity contribution in [3.8, 4) is 5.75 Å². The van der Waals surface area contributed by atoms with Crippen molar-refractivity contribution in [1.29, 1.82) is 0 Å². The maximum Gasteiger partial charge on any atom is 0.311 e. The van der Waals surface area contributed by atoms with E-state index in [0.717, 1.165) is 12.0 Å². The molecule has 0 aliphatic carbocycles. The van der Waals surface area contributed by atoms with Crippen LogP contribution in [0, 0.1) is 10.1 Å². The molecular weight excluding hydrogens is 360 g/mol. The van der Waals surface area contributed by atoms with Gasteiger partial charge in [-0.15, -0.1) is 11.8 Å². The molecule has 2 aromatic rings. The van der Waals surface area contributed by atoms with Crippen LogP contribution in [0.15, 0.2) is 35.0 Å². The summed E-state index contributed by atoms with van der Waals surface area (Å²) in [5.74, 6) is 1.04. The van der Waals surface area contributed by atoms with Crippen LogP contribution in [0.5, 0.6) is 5.75 Å². The third-order valence-electron chi connectivity index (χ3n) is 3.47. The zero-order chi connectivity index (χ0) is 18.2. The number of thiophene rings is 1. The number of methoxy groups -OCH3 is 1. The molecule has 134 valence electrons. The molecule has 0 bridgehead atoms. The molecule has 0 saturated heterocycles. The highest BCUT2D eigenvalue weighted by atomic mass is 32.2. The predicted octanol–water partition coefficient (Wildman–Crippen LogP) is 3.65. The summed E-state index contributed by atoms with van der Waals surface area (Å²) in [6.45, 7) is 1.98. The van der Waals surface area contributed by atoms with E-state index >= 15 is 0 Å². The highest BCUT2D eigenvalue weighted by Crippen LogP contribution is 2.28. The topological polar surface area (TPSA) is 81.5 Å². The van der Waals surface area contributed by atoms with E-state index < -0.39 is 4.92 Å². The van der Waals surface area contributed by atoms with E-state index in [9.17, 15) is 14.9 Å². The van der Waals surface area contributed by atoms with Crippen LogP contribution in [-0.2, 0) is 17.0 Å². The summed E-state index contributed by atoms with van der Waals surface area (Å²) in [7, 11) is 1.40. The second-order valence-electron chi connectivity index (χ2n) is 5.56. The number of amides is 1. The summed E-state index contributed by atoms with van der Waals surface area (Å²) in [5, 5.41) is 18.1. The van der Waals surface area contributed by atoms with Gasteiger partial charge in [-0.25, -0.2) is 0 Å². The number of nitrogens with zero attached hydrogens (tertiary/aromatic N) is 1. The zero-order valence-electron chi connectivity index (χ0n) is 14.1. The molecule has 0 radical (unpaired) electrons. The fourth-order valence-electron chi connectivity index (χ4n) is 2.36. The van der Waals surface area contributed by atoms with Gasteiger partial charge in [0.15, 0.2) is 5.75 Å². The number of thioether (sulfide) groups is 1. The van der Waals surface area contributed by atoms with Gasteiger partial charge in [0.2, 0.25) is 5.91 Å². The van der Waals surface area contributed by atoms with Crippen molar-refractivity contribution in [2.45, 2.75) is 25.1 Å².